The molecule has 1 heterocycles. The van der Waals surface area contributed by atoms with Gasteiger partial charge in [0, 0.05) is 11.9 Å². The standard InChI is InChI=1S/C17H16FNO2/c18-14(11-19)16(12-5-2-1-3-6-12)21-15-8-4-7-13-9-10-20-17(13)15/h1-10,14,16H,11,19H2/t14-,16-/m1/s1. The first-order valence-corrected chi connectivity index (χ1v) is 6.81. The predicted molar refractivity (Wildman–Crippen MR) is 80.0 cm³/mol. The van der Waals surface area contributed by atoms with Gasteiger partial charge < -0.3 is 14.9 Å². The Kier molecular flexibility index (Phi) is 3.88. The van der Waals surface area contributed by atoms with E-state index in [4.69, 9.17) is 14.9 Å². The Bertz CT molecular complexity index is 711. The third-order valence-corrected chi connectivity index (χ3v) is 3.38. The van der Waals surface area contributed by atoms with Gasteiger partial charge in [0.2, 0.25) is 0 Å². The summed E-state index contributed by atoms with van der Waals surface area (Å²) in [6, 6.07) is 16.6. The highest BCUT2D eigenvalue weighted by Crippen LogP contribution is 2.32. The molecule has 0 fully saturated rings. The molecule has 108 valence electrons. The van der Waals surface area contributed by atoms with Crippen molar-refractivity contribution >= 4 is 11.0 Å². The van der Waals surface area contributed by atoms with E-state index in [2.05, 4.69) is 0 Å². The fraction of sp³-hybridized carbons (Fsp3) is 0.176. The molecular formula is C17H16FNO2. The normalized spacial score (nSPS) is 14.0. The summed E-state index contributed by atoms with van der Waals surface area (Å²) in [5.41, 5.74) is 6.84. The van der Waals surface area contributed by atoms with Crippen molar-refractivity contribution in [3.05, 3.63) is 66.4 Å². The molecule has 2 aromatic carbocycles. The zero-order chi connectivity index (χ0) is 14.7. The highest BCUT2D eigenvalue weighted by Gasteiger charge is 2.24. The van der Waals surface area contributed by atoms with E-state index in [9.17, 15) is 4.39 Å². The Morgan fingerprint density at radius 2 is 1.86 bits per heavy atom. The van der Waals surface area contributed by atoms with E-state index in [1.807, 2.05) is 48.5 Å². The molecule has 1 aromatic heterocycles. The van der Waals surface area contributed by atoms with Crippen molar-refractivity contribution in [1.29, 1.82) is 0 Å². The maximum atomic E-state index is 14.2. The van der Waals surface area contributed by atoms with Crippen LogP contribution in [0.5, 0.6) is 5.75 Å². The smallest absolute Gasteiger partial charge is 0.175 e. The molecule has 3 rings (SSSR count). The minimum Gasteiger partial charge on any atom is -0.479 e. The van der Waals surface area contributed by atoms with Gasteiger partial charge in [-0.05, 0) is 17.7 Å². The maximum Gasteiger partial charge on any atom is 0.175 e. The first-order chi connectivity index (χ1) is 10.3. The average molecular weight is 285 g/mol. The first-order valence-electron chi connectivity index (χ1n) is 6.81. The number of alkyl halides is 1. The fourth-order valence-electron chi connectivity index (χ4n) is 2.31. The minimum atomic E-state index is -1.29. The fourth-order valence-corrected chi connectivity index (χ4v) is 2.31. The van der Waals surface area contributed by atoms with E-state index in [1.54, 1.807) is 12.3 Å². The van der Waals surface area contributed by atoms with E-state index in [-0.39, 0.29) is 6.54 Å². The highest BCUT2D eigenvalue weighted by molar-refractivity contribution is 5.82. The Hall–Kier alpha value is -2.33. The van der Waals surface area contributed by atoms with E-state index >= 15 is 0 Å². The molecular weight excluding hydrogens is 269 g/mol. The topological polar surface area (TPSA) is 48.4 Å². The molecule has 0 saturated heterocycles. The zero-order valence-corrected chi connectivity index (χ0v) is 11.4. The summed E-state index contributed by atoms with van der Waals surface area (Å²) in [5, 5.41) is 0.919. The van der Waals surface area contributed by atoms with Crippen LogP contribution in [0.25, 0.3) is 11.0 Å². The molecule has 3 aromatic rings. The van der Waals surface area contributed by atoms with Gasteiger partial charge in [-0.3, -0.25) is 0 Å². The number of furan rings is 1. The molecule has 21 heavy (non-hydrogen) atoms. The maximum absolute atomic E-state index is 14.2. The van der Waals surface area contributed by atoms with Gasteiger partial charge in [0.1, 0.15) is 0 Å². The third kappa shape index (κ3) is 2.76. The number of rotatable bonds is 5. The van der Waals surface area contributed by atoms with Crippen LogP contribution in [0.3, 0.4) is 0 Å². The Balaban J connectivity index is 1.97. The van der Waals surface area contributed by atoms with Gasteiger partial charge in [0.25, 0.3) is 0 Å². The van der Waals surface area contributed by atoms with Crippen LogP contribution in [0.4, 0.5) is 4.39 Å². The van der Waals surface area contributed by atoms with E-state index < -0.39 is 12.3 Å². The van der Waals surface area contributed by atoms with Crippen LogP contribution in [0.2, 0.25) is 0 Å². The molecule has 4 heteroatoms. The SMILES string of the molecule is NC[C@@H](F)[C@H](Oc1cccc2ccoc12)c1ccccc1. The molecule has 0 aliphatic heterocycles. The summed E-state index contributed by atoms with van der Waals surface area (Å²) in [6.45, 7) is -0.103. The highest BCUT2D eigenvalue weighted by atomic mass is 19.1. The Morgan fingerprint density at radius 1 is 1.05 bits per heavy atom. The number of nitrogens with two attached hydrogens (primary N) is 1. The van der Waals surface area contributed by atoms with Gasteiger partial charge >= 0.3 is 0 Å². The summed E-state index contributed by atoms with van der Waals surface area (Å²) in [4.78, 5) is 0. The second kappa shape index (κ2) is 5.97. The van der Waals surface area contributed by atoms with E-state index in [0.717, 1.165) is 10.9 Å². The average Bonchev–Trinajstić information content (AvgIpc) is 3.02. The molecule has 0 saturated carbocycles. The molecule has 0 bridgehead atoms. The first kappa shape index (κ1) is 13.6. The molecule has 2 atom stereocenters. The van der Waals surface area contributed by atoms with Gasteiger partial charge in [0.05, 0.1) is 6.26 Å². The Morgan fingerprint density at radius 3 is 2.62 bits per heavy atom. The lowest BCUT2D eigenvalue weighted by Gasteiger charge is -2.22. The van der Waals surface area contributed by atoms with Crippen molar-refractivity contribution in [3.8, 4) is 5.75 Å². The van der Waals surface area contributed by atoms with Crippen LogP contribution in [0.1, 0.15) is 11.7 Å². The summed E-state index contributed by atoms with van der Waals surface area (Å²) >= 11 is 0. The van der Waals surface area contributed by atoms with Gasteiger partial charge in [-0.15, -0.1) is 0 Å². The molecule has 0 unspecified atom stereocenters. The largest absolute Gasteiger partial charge is 0.479 e. The lowest BCUT2D eigenvalue weighted by atomic mass is 10.1. The zero-order valence-electron chi connectivity index (χ0n) is 11.4. The van der Waals surface area contributed by atoms with Crippen LogP contribution >= 0.6 is 0 Å². The summed E-state index contributed by atoms with van der Waals surface area (Å²) in [7, 11) is 0. The summed E-state index contributed by atoms with van der Waals surface area (Å²) in [5.74, 6) is 0.516. The van der Waals surface area contributed by atoms with E-state index in [0.29, 0.717) is 11.3 Å². The van der Waals surface area contributed by atoms with Crippen molar-refractivity contribution < 1.29 is 13.5 Å². The van der Waals surface area contributed by atoms with Crippen LogP contribution in [0.15, 0.2) is 65.3 Å². The van der Waals surface area contributed by atoms with Gasteiger partial charge in [-0.1, -0.05) is 42.5 Å². The minimum absolute atomic E-state index is 0.103. The number of para-hydroxylation sites is 1. The van der Waals surface area contributed by atoms with Crippen molar-refractivity contribution in [2.75, 3.05) is 6.54 Å². The van der Waals surface area contributed by atoms with Crippen LogP contribution in [-0.2, 0) is 0 Å². The third-order valence-electron chi connectivity index (χ3n) is 3.38. The number of ether oxygens (including phenoxy) is 1. The number of hydrogen-bond acceptors (Lipinski definition) is 3. The molecule has 0 spiro atoms. The number of benzene rings is 2. The lowest BCUT2D eigenvalue weighted by molar-refractivity contribution is 0.105. The van der Waals surface area contributed by atoms with Crippen LogP contribution < -0.4 is 10.5 Å². The number of hydrogen-bond donors (Lipinski definition) is 1. The van der Waals surface area contributed by atoms with Crippen molar-refractivity contribution in [2.45, 2.75) is 12.3 Å². The summed E-state index contributed by atoms with van der Waals surface area (Å²) < 4.78 is 25.5. The number of halogens is 1. The van der Waals surface area contributed by atoms with Crippen molar-refractivity contribution in [2.24, 2.45) is 5.73 Å². The van der Waals surface area contributed by atoms with Crippen molar-refractivity contribution in [3.63, 3.8) is 0 Å². The van der Waals surface area contributed by atoms with Gasteiger partial charge in [-0.25, -0.2) is 4.39 Å². The van der Waals surface area contributed by atoms with Crippen molar-refractivity contribution in [1.82, 2.24) is 0 Å². The van der Waals surface area contributed by atoms with Crippen LogP contribution in [0, 0.1) is 0 Å². The molecule has 3 nitrogen and oxygen atoms in total. The van der Waals surface area contributed by atoms with Gasteiger partial charge in [-0.2, -0.15) is 0 Å². The molecule has 0 amide bonds. The molecule has 2 N–H and O–H groups in total. The molecule has 0 aliphatic rings. The second-order valence-corrected chi connectivity index (χ2v) is 4.80. The quantitative estimate of drug-likeness (QED) is 0.774. The molecule has 0 radical (unpaired) electrons. The van der Waals surface area contributed by atoms with Crippen LogP contribution in [-0.4, -0.2) is 12.7 Å². The predicted octanol–water partition coefficient (Wildman–Crippen LogP) is 3.85. The molecule has 0 aliphatic carbocycles. The number of fused-ring (bicyclic) bond motifs is 1. The van der Waals surface area contributed by atoms with Gasteiger partial charge in [0.15, 0.2) is 23.6 Å². The summed E-state index contributed by atoms with van der Waals surface area (Å²) in [6.07, 6.45) is -0.463. The Labute approximate surface area is 122 Å². The second-order valence-electron chi connectivity index (χ2n) is 4.80. The van der Waals surface area contributed by atoms with E-state index in [1.165, 1.54) is 0 Å². The lowest BCUT2D eigenvalue weighted by Crippen LogP contribution is -2.27. The monoisotopic (exact) mass is 285 g/mol.